The molecule has 0 fully saturated rings. The van der Waals surface area contributed by atoms with Crippen LogP contribution in [0.3, 0.4) is 0 Å². The van der Waals surface area contributed by atoms with Gasteiger partial charge in [-0.3, -0.25) is 9.59 Å². The van der Waals surface area contributed by atoms with E-state index in [-0.39, 0.29) is 18.5 Å². The van der Waals surface area contributed by atoms with Crippen LogP contribution in [0.1, 0.15) is 406 Å². The quantitative estimate of drug-likeness (QED) is 0.0320. The molecule has 6 heteroatoms. The zero-order valence-electron chi connectivity index (χ0n) is 53.6. The highest BCUT2D eigenvalue weighted by Gasteiger charge is 2.20. The molecule has 0 rings (SSSR count). The molecule has 0 aromatic heterocycles. The van der Waals surface area contributed by atoms with Crippen LogP contribution in [-0.2, 0) is 14.3 Å². The molecule has 0 bridgehead atoms. The molecule has 0 saturated heterocycles. The number of carbonyl (C=O) groups excluding carboxylic acids is 2. The van der Waals surface area contributed by atoms with Gasteiger partial charge in [-0.25, -0.2) is 0 Å². The second-order valence-corrected chi connectivity index (χ2v) is 24.9. The average Bonchev–Trinajstić information content (AvgIpc) is 3.45. The van der Waals surface area contributed by atoms with Gasteiger partial charge in [0.1, 0.15) is 0 Å². The van der Waals surface area contributed by atoms with Gasteiger partial charge in [0.05, 0.1) is 25.4 Å². The van der Waals surface area contributed by atoms with E-state index in [0.29, 0.717) is 25.9 Å². The maximum atomic E-state index is 12.5. The summed E-state index contributed by atoms with van der Waals surface area (Å²) < 4.78 is 5.51. The summed E-state index contributed by atoms with van der Waals surface area (Å²) in [6, 6.07) is -0.540. The molecule has 0 aliphatic rings. The largest absolute Gasteiger partial charge is 0.466 e. The van der Waals surface area contributed by atoms with Crippen molar-refractivity contribution in [1.29, 1.82) is 0 Å². The minimum absolute atomic E-state index is 0.0169. The SMILES string of the molecule is CCCCCCCC/C=C\CCCCCCCCCCCC(=O)OCCCCCCCCCCCCCC/C=C\CCCCCCCCCCCCCCCC(=O)NC(CO)C(O)CCCCCCCCCCCCCCCC. The normalized spacial score (nSPS) is 12.6. The minimum Gasteiger partial charge on any atom is -0.466 e. The summed E-state index contributed by atoms with van der Waals surface area (Å²) in [5, 5.41) is 23.3. The van der Waals surface area contributed by atoms with Crippen LogP contribution in [0.5, 0.6) is 0 Å². The average molecular weight is 1110 g/mol. The number of carbonyl (C=O) groups is 2. The third-order valence-corrected chi connectivity index (χ3v) is 17.0. The van der Waals surface area contributed by atoms with Crippen molar-refractivity contribution in [2.45, 2.75) is 418 Å². The Kier molecular flexibility index (Phi) is 67.4. The smallest absolute Gasteiger partial charge is 0.305 e. The molecular formula is C73H141NO5. The van der Waals surface area contributed by atoms with E-state index in [4.69, 9.17) is 4.74 Å². The first-order valence-corrected chi connectivity index (χ1v) is 36.1. The molecule has 6 nitrogen and oxygen atoms in total. The Bertz CT molecular complexity index is 1230. The van der Waals surface area contributed by atoms with E-state index >= 15 is 0 Å². The molecule has 0 spiro atoms. The second-order valence-electron chi connectivity index (χ2n) is 24.9. The second kappa shape index (κ2) is 68.8. The Morgan fingerprint density at radius 2 is 0.595 bits per heavy atom. The fraction of sp³-hybridized carbons (Fsp3) is 0.918. The first kappa shape index (κ1) is 77.3. The predicted molar refractivity (Wildman–Crippen MR) is 347 cm³/mol. The van der Waals surface area contributed by atoms with Gasteiger partial charge >= 0.3 is 5.97 Å². The van der Waals surface area contributed by atoms with Gasteiger partial charge < -0.3 is 20.3 Å². The van der Waals surface area contributed by atoms with E-state index in [9.17, 15) is 19.8 Å². The number of ether oxygens (including phenoxy) is 1. The van der Waals surface area contributed by atoms with Gasteiger partial charge in [-0.2, -0.15) is 0 Å². The van der Waals surface area contributed by atoms with Gasteiger partial charge in [-0.1, -0.05) is 340 Å². The van der Waals surface area contributed by atoms with Crippen LogP contribution < -0.4 is 5.32 Å². The van der Waals surface area contributed by atoms with E-state index in [2.05, 4.69) is 43.5 Å². The summed E-state index contributed by atoms with van der Waals surface area (Å²) in [5.41, 5.74) is 0. The van der Waals surface area contributed by atoms with Gasteiger partial charge in [-0.15, -0.1) is 0 Å². The van der Waals surface area contributed by atoms with Crippen molar-refractivity contribution in [3.05, 3.63) is 24.3 Å². The summed E-state index contributed by atoms with van der Waals surface area (Å²) in [5.74, 6) is -0.0148. The standard InChI is InChI=1S/C73H141NO5/c1-3-5-7-9-11-13-15-17-19-20-32-36-39-43-47-51-55-59-63-67-73(78)79-68-64-60-56-52-48-44-40-37-34-31-29-27-25-23-21-22-24-26-28-30-33-35-38-42-46-50-54-58-62-66-72(77)74-70(69-75)71(76)65-61-57-53-49-45-41-18-16-14-12-10-8-6-4-2/h17,19,21,23,70-71,75-76H,3-16,18,20,22,24-69H2,1-2H3,(H,74,77)/b19-17-,23-21-. The molecule has 79 heavy (non-hydrogen) atoms. The first-order valence-electron chi connectivity index (χ1n) is 36.1. The van der Waals surface area contributed by atoms with Gasteiger partial charge in [0.15, 0.2) is 0 Å². The zero-order chi connectivity index (χ0) is 57.1. The molecular weight excluding hydrogens is 971 g/mol. The third-order valence-electron chi connectivity index (χ3n) is 17.0. The Balaban J connectivity index is 3.34. The van der Waals surface area contributed by atoms with Gasteiger partial charge in [-0.05, 0) is 77.0 Å². The van der Waals surface area contributed by atoms with E-state index in [1.165, 1.54) is 334 Å². The molecule has 0 aromatic rings. The van der Waals surface area contributed by atoms with Crippen molar-refractivity contribution in [2.24, 2.45) is 0 Å². The predicted octanol–water partition coefficient (Wildman–Crippen LogP) is 23.3. The molecule has 0 aliphatic heterocycles. The summed E-state index contributed by atoms with van der Waals surface area (Å²) >= 11 is 0. The number of aliphatic hydroxyl groups excluding tert-OH is 2. The zero-order valence-corrected chi connectivity index (χ0v) is 53.6. The highest BCUT2D eigenvalue weighted by Crippen LogP contribution is 2.19. The van der Waals surface area contributed by atoms with Crippen LogP contribution >= 0.6 is 0 Å². The number of rotatable bonds is 68. The van der Waals surface area contributed by atoms with Gasteiger partial charge in [0.2, 0.25) is 5.91 Å². The maximum Gasteiger partial charge on any atom is 0.305 e. The number of allylic oxidation sites excluding steroid dienone is 4. The summed E-state index contributed by atoms with van der Waals surface area (Å²) in [6.07, 6.45) is 86.6. The summed E-state index contributed by atoms with van der Waals surface area (Å²) in [4.78, 5) is 24.6. The number of unbranched alkanes of at least 4 members (excludes halogenated alkanes) is 53. The van der Waals surface area contributed by atoms with Crippen molar-refractivity contribution < 1.29 is 24.5 Å². The number of aliphatic hydroxyl groups is 2. The van der Waals surface area contributed by atoms with Crippen LogP contribution in [0.4, 0.5) is 0 Å². The lowest BCUT2D eigenvalue weighted by Gasteiger charge is -2.22. The van der Waals surface area contributed by atoms with E-state index < -0.39 is 12.1 Å². The number of nitrogens with one attached hydrogen (secondary N) is 1. The number of amides is 1. The molecule has 3 N–H and O–H groups in total. The first-order chi connectivity index (χ1) is 39.0. The molecule has 0 aliphatic carbocycles. The van der Waals surface area contributed by atoms with Crippen LogP contribution in [0.25, 0.3) is 0 Å². The van der Waals surface area contributed by atoms with Gasteiger partial charge in [0.25, 0.3) is 0 Å². The Morgan fingerprint density at radius 3 is 0.899 bits per heavy atom. The number of hydrogen-bond acceptors (Lipinski definition) is 5. The number of esters is 1. The number of hydrogen-bond donors (Lipinski definition) is 3. The molecule has 2 unspecified atom stereocenters. The Hall–Kier alpha value is -1.66. The van der Waals surface area contributed by atoms with Crippen molar-refractivity contribution in [3.8, 4) is 0 Å². The third kappa shape index (κ3) is 65.4. The van der Waals surface area contributed by atoms with E-state index in [1.807, 2.05) is 0 Å². The molecule has 1 amide bonds. The Labute approximate surface area is 494 Å². The maximum absolute atomic E-state index is 12.5. The van der Waals surface area contributed by atoms with Crippen LogP contribution in [0.2, 0.25) is 0 Å². The van der Waals surface area contributed by atoms with Crippen LogP contribution in [0, 0.1) is 0 Å². The fourth-order valence-corrected chi connectivity index (χ4v) is 11.5. The van der Waals surface area contributed by atoms with Crippen LogP contribution in [0.15, 0.2) is 24.3 Å². The lowest BCUT2D eigenvalue weighted by Crippen LogP contribution is -2.45. The van der Waals surface area contributed by atoms with Crippen molar-refractivity contribution in [3.63, 3.8) is 0 Å². The molecule has 2 atom stereocenters. The molecule has 0 heterocycles. The lowest BCUT2D eigenvalue weighted by molar-refractivity contribution is -0.143. The summed E-state index contributed by atoms with van der Waals surface area (Å²) in [6.45, 7) is 4.98. The minimum atomic E-state index is -0.663. The van der Waals surface area contributed by atoms with Gasteiger partial charge in [0, 0.05) is 12.8 Å². The van der Waals surface area contributed by atoms with Crippen molar-refractivity contribution in [2.75, 3.05) is 13.2 Å². The topological polar surface area (TPSA) is 95.9 Å². The lowest BCUT2D eigenvalue weighted by atomic mass is 10.0. The molecule has 468 valence electrons. The van der Waals surface area contributed by atoms with E-state index in [0.717, 1.165) is 38.5 Å². The molecule has 0 aromatic carbocycles. The fourth-order valence-electron chi connectivity index (χ4n) is 11.5. The highest BCUT2D eigenvalue weighted by molar-refractivity contribution is 5.76. The van der Waals surface area contributed by atoms with E-state index in [1.54, 1.807) is 0 Å². The molecule has 0 radical (unpaired) electrons. The monoisotopic (exact) mass is 1110 g/mol. The summed E-state index contributed by atoms with van der Waals surface area (Å²) in [7, 11) is 0. The van der Waals surface area contributed by atoms with Crippen molar-refractivity contribution in [1.82, 2.24) is 5.32 Å². The Morgan fingerprint density at radius 1 is 0.342 bits per heavy atom. The highest BCUT2D eigenvalue weighted by atomic mass is 16.5. The van der Waals surface area contributed by atoms with Crippen LogP contribution in [-0.4, -0.2) is 47.4 Å². The molecule has 0 saturated carbocycles. The van der Waals surface area contributed by atoms with Crippen molar-refractivity contribution >= 4 is 11.9 Å².